The van der Waals surface area contributed by atoms with Crippen molar-refractivity contribution in [1.82, 2.24) is 0 Å². The predicted molar refractivity (Wildman–Crippen MR) is 120 cm³/mol. The molecule has 1 aliphatic rings. The van der Waals surface area contributed by atoms with Crippen molar-refractivity contribution < 1.29 is 9.90 Å². The lowest BCUT2D eigenvalue weighted by molar-refractivity contribution is 0.0697. The largest absolute Gasteiger partial charge is 0.478 e. The maximum Gasteiger partial charge on any atom is 0.336 e. The maximum atomic E-state index is 11.1. The summed E-state index contributed by atoms with van der Waals surface area (Å²) in [4.78, 5) is 12.1. The Labute approximate surface area is 162 Å². The average molecular weight is 401 g/mol. The van der Waals surface area contributed by atoms with Crippen molar-refractivity contribution in [3.8, 4) is 0 Å². The van der Waals surface area contributed by atoms with Crippen LogP contribution in [0.1, 0.15) is 33.3 Å². The van der Waals surface area contributed by atoms with Gasteiger partial charge < -0.3 is 5.11 Å². The van der Waals surface area contributed by atoms with Crippen LogP contribution in [0, 0.1) is 6.92 Å². The van der Waals surface area contributed by atoms with Crippen LogP contribution in [0.5, 0.6) is 0 Å². The fourth-order valence-corrected chi connectivity index (χ4v) is 15.2. The fraction of sp³-hybridized carbons (Fsp3) is 0.381. The Morgan fingerprint density at radius 2 is 1.65 bits per heavy atom. The molecule has 1 N–H and O–H groups in total. The van der Waals surface area contributed by atoms with Crippen LogP contribution in [0.2, 0.25) is 38.3 Å². The van der Waals surface area contributed by atoms with Gasteiger partial charge in [-0.05, 0) is 42.7 Å². The second-order valence-corrected chi connectivity index (χ2v) is 19.4. The first kappa shape index (κ1) is 19.3. The molecule has 138 valence electrons. The Morgan fingerprint density at radius 3 is 2.19 bits per heavy atom. The van der Waals surface area contributed by atoms with Crippen molar-refractivity contribution >= 4 is 55.5 Å². The van der Waals surface area contributed by atoms with E-state index >= 15 is 0 Å². The quantitative estimate of drug-likeness (QED) is 0.723. The van der Waals surface area contributed by atoms with Crippen LogP contribution in [-0.2, 0) is 0 Å². The molecule has 26 heavy (non-hydrogen) atoms. The predicted octanol–water partition coefficient (Wildman–Crippen LogP) is 5.16. The van der Waals surface area contributed by atoms with Gasteiger partial charge in [0.25, 0.3) is 0 Å². The summed E-state index contributed by atoms with van der Waals surface area (Å²) in [5.41, 5.74) is 4.26. The van der Waals surface area contributed by atoms with Crippen LogP contribution in [0.15, 0.2) is 23.6 Å². The molecular weight excluding hydrogens is 372 g/mol. The van der Waals surface area contributed by atoms with E-state index in [1.54, 1.807) is 21.8 Å². The molecule has 1 aliphatic heterocycles. The summed E-state index contributed by atoms with van der Waals surface area (Å²) in [6, 6.07) is 9.53. The number of allylic oxidation sites excluding steroid dienone is 1. The maximum absolute atomic E-state index is 11.1. The lowest BCUT2D eigenvalue weighted by Gasteiger charge is -2.40. The lowest BCUT2D eigenvalue weighted by Crippen LogP contribution is -2.63. The number of carboxylic acid groups (broad SMARTS) is 1. The van der Waals surface area contributed by atoms with E-state index < -0.39 is 22.1 Å². The number of aryl methyl sites for hydroxylation is 1. The minimum Gasteiger partial charge on any atom is -0.478 e. The van der Waals surface area contributed by atoms with Crippen molar-refractivity contribution in [2.24, 2.45) is 0 Å². The Kier molecular flexibility index (Phi) is 4.92. The molecule has 0 saturated heterocycles. The Balaban J connectivity index is 2.08. The van der Waals surface area contributed by atoms with E-state index in [0.29, 0.717) is 5.56 Å². The summed E-state index contributed by atoms with van der Waals surface area (Å²) in [6.45, 7) is 14.4. The van der Waals surface area contributed by atoms with Crippen LogP contribution in [0.4, 0.5) is 0 Å². The highest BCUT2D eigenvalue weighted by atomic mass is 32.1. The highest BCUT2D eigenvalue weighted by molar-refractivity contribution is 7.11. The summed E-state index contributed by atoms with van der Waals surface area (Å²) in [5.74, 6) is -0.858. The van der Waals surface area contributed by atoms with Gasteiger partial charge in [0.15, 0.2) is 0 Å². The minimum absolute atomic E-state index is 0.373. The van der Waals surface area contributed by atoms with Crippen molar-refractivity contribution in [3.63, 3.8) is 0 Å². The van der Waals surface area contributed by atoms with Gasteiger partial charge in [-0.15, -0.1) is 11.3 Å². The van der Waals surface area contributed by atoms with Gasteiger partial charge in [-0.3, -0.25) is 0 Å². The summed E-state index contributed by atoms with van der Waals surface area (Å²) in [6.07, 6.45) is 2.13. The van der Waals surface area contributed by atoms with Gasteiger partial charge in [0.2, 0.25) is 0 Å². The Bertz CT molecular complexity index is 907. The number of benzene rings is 1. The van der Waals surface area contributed by atoms with Gasteiger partial charge in [0.05, 0.1) is 21.7 Å². The Hall–Kier alpha value is -1.44. The highest BCUT2D eigenvalue weighted by Crippen LogP contribution is 2.29. The molecule has 2 nitrogen and oxygen atoms in total. The molecule has 5 heteroatoms. The molecule has 1 aromatic carbocycles. The van der Waals surface area contributed by atoms with E-state index in [4.69, 9.17) is 5.11 Å². The van der Waals surface area contributed by atoms with Gasteiger partial charge in [0, 0.05) is 10.3 Å². The zero-order valence-corrected chi connectivity index (χ0v) is 19.4. The molecule has 0 amide bonds. The molecular formula is C21H28O2SSi2. The van der Waals surface area contributed by atoms with Crippen molar-refractivity contribution in [2.45, 2.75) is 52.1 Å². The van der Waals surface area contributed by atoms with Gasteiger partial charge in [-0.2, -0.15) is 0 Å². The van der Waals surface area contributed by atoms with E-state index in [2.05, 4.69) is 58.2 Å². The van der Waals surface area contributed by atoms with Crippen LogP contribution >= 0.6 is 11.3 Å². The van der Waals surface area contributed by atoms with E-state index in [0.717, 1.165) is 4.88 Å². The first-order valence-corrected chi connectivity index (χ1v) is 16.5. The first-order chi connectivity index (χ1) is 12.0. The molecule has 0 fully saturated rings. The minimum atomic E-state index is -1.37. The van der Waals surface area contributed by atoms with Crippen LogP contribution in [-0.4, -0.2) is 27.2 Å². The highest BCUT2D eigenvalue weighted by Gasteiger charge is 2.39. The molecule has 3 rings (SSSR count). The molecule has 0 atom stereocenters. The summed E-state index contributed by atoms with van der Waals surface area (Å²) in [5, 5.41) is 14.2. The lowest BCUT2D eigenvalue weighted by atomic mass is 10.0. The number of hydrogen-bond donors (Lipinski definition) is 1. The normalized spacial score (nSPS) is 18.5. The van der Waals surface area contributed by atoms with Crippen LogP contribution in [0.3, 0.4) is 0 Å². The Morgan fingerprint density at radius 1 is 1.08 bits per heavy atom. The van der Waals surface area contributed by atoms with E-state index in [-0.39, 0.29) is 0 Å². The number of thiophene rings is 1. The third-order valence-corrected chi connectivity index (χ3v) is 14.2. The van der Waals surface area contributed by atoms with Crippen molar-refractivity contribution in [1.29, 1.82) is 0 Å². The average Bonchev–Trinajstić information content (AvgIpc) is 3.00. The molecule has 0 bridgehead atoms. The number of aromatic carboxylic acids is 1. The molecule has 2 aromatic rings. The van der Waals surface area contributed by atoms with Gasteiger partial charge in [-0.1, -0.05) is 60.8 Å². The number of hydrogen-bond acceptors (Lipinski definition) is 2. The zero-order valence-electron chi connectivity index (χ0n) is 16.6. The number of rotatable bonds is 3. The number of carboxylic acids is 1. The molecule has 0 radical (unpaired) electrons. The number of carbonyl (C=O) groups is 1. The summed E-state index contributed by atoms with van der Waals surface area (Å²) < 4.78 is 0. The molecule has 0 saturated carbocycles. The second kappa shape index (κ2) is 6.62. The van der Waals surface area contributed by atoms with E-state index in [1.807, 2.05) is 0 Å². The molecule has 0 unspecified atom stereocenters. The van der Waals surface area contributed by atoms with Crippen LogP contribution in [0.25, 0.3) is 11.6 Å². The smallest absolute Gasteiger partial charge is 0.336 e. The first-order valence-electron chi connectivity index (χ1n) is 9.17. The fourth-order valence-electron chi connectivity index (χ4n) is 3.98. The van der Waals surface area contributed by atoms with E-state index in [1.165, 1.54) is 40.1 Å². The topological polar surface area (TPSA) is 37.3 Å². The molecule has 2 heterocycles. The third-order valence-electron chi connectivity index (χ3n) is 5.85. The van der Waals surface area contributed by atoms with Crippen molar-refractivity contribution in [2.75, 3.05) is 0 Å². The number of fused-ring (bicyclic) bond motifs is 1. The van der Waals surface area contributed by atoms with E-state index in [9.17, 15) is 4.79 Å². The summed E-state index contributed by atoms with van der Waals surface area (Å²) >= 11 is 1.49. The van der Waals surface area contributed by atoms with Crippen molar-refractivity contribution in [3.05, 3.63) is 45.1 Å². The monoisotopic (exact) mass is 400 g/mol. The molecule has 1 aromatic heterocycles. The molecule has 0 spiro atoms. The van der Waals surface area contributed by atoms with Gasteiger partial charge in [-0.25, -0.2) is 4.79 Å². The zero-order chi connectivity index (χ0) is 19.3. The van der Waals surface area contributed by atoms with Gasteiger partial charge >= 0.3 is 5.97 Å². The SMILES string of the molecule is C/C(=C/c1cc(C(=O)O)cs1)c1cc2c(cc1C)[Si](C)(C)CC[Si]2(C)C. The second-order valence-electron chi connectivity index (χ2n) is 8.85. The third kappa shape index (κ3) is 3.52. The standard InChI is InChI=1S/C21H28O2SSi2/c1-14(9-17-11-16(13-24-17)21(22)23)18-12-20-19(10-15(18)2)25(3,4)7-8-26(20,5)6/h9-13H,7-8H2,1-6H3,(H,22,23)/b14-9-. The summed E-state index contributed by atoms with van der Waals surface area (Å²) in [7, 11) is -2.69. The van der Waals surface area contributed by atoms with Gasteiger partial charge in [0.1, 0.15) is 0 Å². The van der Waals surface area contributed by atoms with Crippen LogP contribution < -0.4 is 10.4 Å². The molecule has 0 aliphatic carbocycles.